The molecule has 0 spiro atoms. The number of allylic oxidation sites excluding steroid dienone is 1. The Hall–Kier alpha value is -2.66. The molecule has 5 nitrogen and oxygen atoms in total. The van der Waals surface area contributed by atoms with Crippen LogP contribution in [0.5, 0.6) is 5.75 Å². The van der Waals surface area contributed by atoms with Gasteiger partial charge in [0.2, 0.25) is 0 Å². The second kappa shape index (κ2) is 7.64. The normalized spacial score (nSPS) is 24.0. The molecule has 0 unspecified atom stereocenters. The van der Waals surface area contributed by atoms with Crippen molar-refractivity contribution in [1.82, 2.24) is 9.88 Å². The van der Waals surface area contributed by atoms with Crippen LogP contribution in [0.25, 0.3) is 0 Å². The highest BCUT2D eigenvalue weighted by atomic mass is 16.5. The molecule has 1 aromatic heterocycles. The monoisotopic (exact) mass is 392 g/mol. The van der Waals surface area contributed by atoms with Crippen LogP contribution in [0.4, 0.5) is 0 Å². The van der Waals surface area contributed by atoms with Crippen molar-refractivity contribution < 1.29 is 14.3 Å². The topological polar surface area (TPSA) is 51.7 Å². The summed E-state index contributed by atoms with van der Waals surface area (Å²) in [7, 11) is 3.86. The number of rotatable bonds is 4. The molecule has 152 valence electrons. The number of likely N-dealkylation sites (N-methyl/N-ethyl adjacent to an activating group) is 1. The number of ether oxygens (including phenoxy) is 2. The fraction of sp³-hybridized carbons (Fsp3) is 0.417. The average molecular weight is 392 g/mol. The van der Waals surface area contributed by atoms with Gasteiger partial charge in [0.1, 0.15) is 11.5 Å². The fourth-order valence-corrected chi connectivity index (χ4v) is 4.83. The van der Waals surface area contributed by atoms with Gasteiger partial charge in [-0.25, -0.2) is 4.79 Å². The highest BCUT2D eigenvalue weighted by Gasteiger charge is 2.48. The molecule has 5 heteroatoms. The zero-order chi connectivity index (χ0) is 20.6. The Morgan fingerprint density at radius 2 is 2.03 bits per heavy atom. The molecule has 2 heterocycles. The maximum Gasteiger partial charge on any atom is 0.345 e. The van der Waals surface area contributed by atoms with Crippen LogP contribution < -0.4 is 4.74 Å². The van der Waals surface area contributed by atoms with E-state index in [-0.39, 0.29) is 17.4 Å². The fourth-order valence-electron chi connectivity index (χ4n) is 4.83. The molecule has 2 aliphatic rings. The molecule has 1 aromatic carbocycles. The SMILES string of the molecule is COc1ccc([C@@]23CCC(OC(=O)c4cnccc4C)=C[C@@H]2N(C)CC3)cc1C. The van der Waals surface area contributed by atoms with E-state index >= 15 is 0 Å². The number of hydrogen-bond acceptors (Lipinski definition) is 5. The number of benzene rings is 1. The van der Waals surface area contributed by atoms with Crippen molar-refractivity contribution in [3.8, 4) is 5.75 Å². The third kappa shape index (κ3) is 3.44. The van der Waals surface area contributed by atoms with Gasteiger partial charge in [0.25, 0.3) is 0 Å². The Kier molecular flexibility index (Phi) is 5.17. The van der Waals surface area contributed by atoms with Crippen molar-refractivity contribution in [1.29, 1.82) is 0 Å². The molecule has 0 bridgehead atoms. The summed E-state index contributed by atoms with van der Waals surface area (Å²) < 4.78 is 11.2. The first-order valence-corrected chi connectivity index (χ1v) is 10.1. The molecule has 0 radical (unpaired) electrons. The largest absolute Gasteiger partial charge is 0.496 e. The molecular formula is C24H28N2O3. The van der Waals surface area contributed by atoms with Gasteiger partial charge in [-0.05, 0) is 75.2 Å². The van der Waals surface area contributed by atoms with E-state index in [0.717, 1.165) is 48.4 Å². The van der Waals surface area contributed by atoms with Crippen molar-refractivity contribution in [2.24, 2.45) is 0 Å². The molecule has 0 saturated carbocycles. The molecule has 1 fully saturated rings. The number of nitrogens with zero attached hydrogens (tertiary/aromatic N) is 2. The second-order valence-electron chi connectivity index (χ2n) is 8.23. The maximum absolute atomic E-state index is 12.6. The number of carbonyl (C=O) groups is 1. The van der Waals surface area contributed by atoms with Gasteiger partial charge >= 0.3 is 5.97 Å². The van der Waals surface area contributed by atoms with Gasteiger partial charge < -0.3 is 9.47 Å². The van der Waals surface area contributed by atoms with Gasteiger partial charge in [0.15, 0.2) is 0 Å². The first-order chi connectivity index (χ1) is 13.9. The van der Waals surface area contributed by atoms with Crippen molar-refractivity contribution >= 4 is 5.97 Å². The summed E-state index contributed by atoms with van der Waals surface area (Å²) in [5.74, 6) is 1.36. The van der Waals surface area contributed by atoms with E-state index < -0.39 is 0 Å². The third-order valence-corrected chi connectivity index (χ3v) is 6.57. The highest BCUT2D eigenvalue weighted by molar-refractivity contribution is 5.91. The summed E-state index contributed by atoms with van der Waals surface area (Å²) in [5.41, 5.74) is 3.94. The van der Waals surface area contributed by atoms with Crippen molar-refractivity contribution in [2.75, 3.05) is 20.7 Å². The molecule has 1 saturated heterocycles. The van der Waals surface area contributed by atoms with Crippen LogP contribution in [0.2, 0.25) is 0 Å². The Bertz CT molecular complexity index is 968. The van der Waals surface area contributed by atoms with Crippen LogP contribution in [0, 0.1) is 13.8 Å². The maximum atomic E-state index is 12.6. The van der Waals surface area contributed by atoms with Crippen LogP contribution in [0.3, 0.4) is 0 Å². The van der Waals surface area contributed by atoms with Crippen LogP contribution in [0.1, 0.15) is 46.3 Å². The second-order valence-corrected chi connectivity index (χ2v) is 8.23. The minimum absolute atomic E-state index is 0.0475. The number of likely N-dealkylation sites (tertiary alicyclic amines) is 1. The summed E-state index contributed by atoms with van der Waals surface area (Å²) >= 11 is 0. The molecule has 1 aliphatic carbocycles. The Morgan fingerprint density at radius 3 is 2.76 bits per heavy atom. The molecule has 29 heavy (non-hydrogen) atoms. The Morgan fingerprint density at radius 1 is 1.21 bits per heavy atom. The third-order valence-electron chi connectivity index (χ3n) is 6.57. The lowest BCUT2D eigenvalue weighted by molar-refractivity contribution is 0.0592. The zero-order valence-electron chi connectivity index (χ0n) is 17.6. The van der Waals surface area contributed by atoms with Gasteiger partial charge in [-0.2, -0.15) is 0 Å². The van der Waals surface area contributed by atoms with Crippen molar-refractivity contribution in [3.63, 3.8) is 0 Å². The number of carbonyl (C=O) groups excluding carboxylic acids is 1. The summed E-state index contributed by atoms with van der Waals surface area (Å²) in [5, 5.41) is 0. The minimum atomic E-state index is -0.324. The Labute approximate surface area is 172 Å². The quantitative estimate of drug-likeness (QED) is 0.731. The Balaban J connectivity index is 1.62. The van der Waals surface area contributed by atoms with Gasteiger partial charge in [0, 0.05) is 30.3 Å². The van der Waals surface area contributed by atoms with Gasteiger partial charge in [0.05, 0.1) is 12.7 Å². The van der Waals surface area contributed by atoms with Crippen molar-refractivity contribution in [3.05, 3.63) is 70.7 Å². The molecule has 2 aromatic rings. The first-order valence-electron chi connectivity index (χ1n) is 10.1. The number of fused-ring (bicyclic) bond motifs is 1. The summed E-state index contributed by atoms with van der Waals surface area (Å²) in [6.45, 7) is 5.01. The van der Waals surface area contributed by atoms with E-state index in [1.54, 1.807) is 19.5 Å². The zero-order valence-corrected chi connectivity index (χ0v) is 17.6. The van der Waals surface area contributed by atoms with E-state index in [9.17, 15) is 4.79 Å². The average Bonchev–Trinajstić information content (AvgIpc) is 3.05. The number of aromatic nitrogens is 1. The van der Waals surface area contributed by atoms with E-state index in [1.807, 2.05) is 13.0 Å². The summed E-state index contributed by atoms with van der Waals surface area (Å²) in [6.07, 6.45) is 8.22. The van der Waals surface area contributed by atoms with E-state index in [4.69, 9.17) is 9.47 Å². The number of pyridine rings is 1. The summed E-state index contributed by atoms with van der Waals surface area (Å²) in [6, 6.07) is 8.56. The standard InChI is InChI=1S/C24H28N2O3/c1-16-8-11-25-15-20(16)23(27)29-19-7-9-24(10-12-26(3)22(24)14-19)18-5-6-21(28-4)17(2)13-18/h5-6,8,11,13-15,22H,7,9-10,12H2,1-4H3/t22-,24-/m0/s1. The molecule has 1 aliphatic heterocycles. The van der Waals surface area contributed by atoms with Crippen LogP contribution in [0.15, 0.2) is 48.5 Å². The van der Waals surface area contributed by atoms with Gasteiger partial charge in [-0.1, -0.05) is 12.1 Å². The first kappa shape index (κ1) is 19.6. The number of aryl methyl sites for hydroxylation is 2. The van der Waals surface area contributed by atoms with Gasteiger partial charge in [-0.3, -0.25) is 9.88 Å². The molecule has 0 N–H and O–H groups in total. The highest BCUT2D eigenvalue weighted by Crippen LogP contribution is 2.48. The molecule has 0 amide bonds. The lowest BCUT2D eigenvalue weighted by atomic mass is 9.68. The number of hydrogen-bond donors (Lipinski definition) is 0. The molecular weight excluding hydrogens is 364 g/mol. The van der Waals surface area contributed by atoms with Crippen LogP contribution in [-0.2, 0) is 10.2 Å². The van der Waals surface area contributed by atoms with E-state index in [1.165, 1.54) is 5.56 Å². The van der Waals surface area contributed by atoms with Gasteiger partial charge in [-0.15, -0.1) is 0 Å². The predicted octanol–water partition coefficient (Wildman–Crippen LogP) is 4.18. The minimum Gasteiger partial charge on any atom is -0.496 e. The lowest BCUT2D eigenvalue weighted by Crippen LogP contribution is -2.42. The summed E-state index contributed by atoms with van der Waals surface area (Å²) in [4.78, 5) is 19.1. The van der Waals surface area contributed by atoms with E-state index in [2.05, 4.69) is 48.1 Å². The lowest BCUT2D eigenvalue weighted by Gasteiger charge is -2.40. The van der Waals surface area contributed by atoms with Crippen LogP contribution >= 0.6 is 0 Å². The van der Waals surface area contributed by atoms with Crippen LogP contribution in [-0.4, -0.2) is 42.6 Å². The smallest absolute Gasteiger partial charge is 0.345 e. The number of methoxy groups -OCH3 is 1. The van der Waals surface area contributed by atoms with E-state index in [0.29, 0.717) is 5.56 Å². The number of esters is 1. The molecule has 2 atom stereocenters. The molecule has 4 rings (SSSR count). The van der Waals surface area contributed by atoms with Crippen molar-refractivity contribution in [2.45, 2.75) is 44.6 Å². The predicted molar refractivity (Wildman–Crippen MR) is 112 cm³/mol.